The maximum absolute atomic E-state index is 12.5. The van der Waals surface area contributed by atoms with Crippen molar-refractivity contribution in [3.05, 3.63) is 77.9 Å². The van der Waals surface area contributed by atoms with Crippen molar-refractivity contribution in [3.63, 3.8) is 0 Å². The number of methoxy groups -OCH3 is 2. The lowest BCUT2D eigenvalue weighted by molar-refractivity contribution is 0.0719. The summed E-state index contributed by atoms with van der Waals surface area (Å²) in [5.41, 5.74) is 0.723. The van der Waals surface area contributed by atoms with E-state index in [2.05, 4.69) is 6.92 Å². The minimum atomic E-state index is -0.552. The van der Waals surface area contributed by atoms with Gasteiger partial charge in [-0.05, 0) is 73.2 Å². The van der Waals surface area contributed by atoms with Crippen LogP contribution in [0.15, 0.2) is 66.7 Å². The van der Waals surface area contributed by atoms with Crippen LogP contribution in [0, 0.1) is 0 Å². The average molecular weight is 493 g/mol. The fraction of sp³-hybridized carbons (Fsp3) is 0.310. The molecule has 0 atom stereocenters. The molecule has 0 aliphatic rings. The monoisotopic (exact) mass is 492 g/mol. The van der Waals surface area contributed by atoms with Gasteiger partial charge in [-0.25, -0.2) is 9.59 Å². The number of ether oxygens (including phenoxy) is 5. The first kappa shape index (κ1) is 26.6. The van der Waals surface area contributed by atoms with Gasteiger partial charge in [-0.3, -0.25) is 0 Å². The van der Waals surface area contributed by atoms with E-state index in [0.29, 0.717) is 40.7 Å². The van der Waals surface area contributed by atoms with Gasteiger partial charge in [-0.1, -0.05) is 32.6 Å². The predicted octanol–water partition coefficient (Wildman–Crippen LogP) is 6.49. The van der Waals surface area contributed by atoms with Crippen LogP contribution in [-0.2, 0) is 0 Å². The first-order chi connectivity index (χ1) is 17.5. The Kier molecular flexibility index (Phi) is 10.2. The van der Waals surface area contributed by atoms with E-state index in [1.54, 1.807) is 66.7 Å². The molecule has 0 saturated heterocycles. The van der Waals surface area contributed by atoms with E-state index in [1.165, 1.54) is 33.5 Å². The zero-order valence-electron chi connectivity index (χ0n) is 21.0. The van der Waals surface area contributed by atoms with Crippen LogP contribution in [0.25, 0.3) is 0 Å². The maximum Gasteiger partial charge on any atom is 0.343 e. The third-order valence-corrected chi connectivity index (χ3v) is 5.47. The predicted molar refractivity (Wildman–Crippen MR) is 137 cm³/mol. The molecule has 0 unspecified atom stereocenters. The topological polar surface area (TPSA) is 80.3 Å². The number of carbonyl (C=O) groups excluding carboxylic acids is 2. The lowest BCUT2D eigenvalue weighted by Crippen LogP contribution is -2.10. The van der Waals surface area contributed by atoms with Gasteiger partial charge in [-0.15, -0.1) is 0 Å². The van der Waals surface area contributed by atoms with E-state index in [9.17, 15) is 9.59 Å². The zero-order chi connectivity index (χ0) is 25.8. The second-order valence-electron chi connectivity index (χ2n) is 8.11. The highest BCUT2D eigenvalue weighted by Crippen LogP contribution is 2.28. The summed E-state index contributed by atoms with van der Waals surface area (Å²) in [6.45, 7) is 2.86. The van der Waals surface area contributed by atoms with Crippen molar-refractivity contribution < 1.29 is 33.3 Å². The average Bonchev–Trinajstić information content (AvgIpc) is 2.91. The molecular weight excluding hydrogens is 460 g/mol. The SMILES string of the molecule is CCCCCCCOc1ccc(C(=O)Oc2ccc(OC(=O)c3ccc(OC)c(OC)c3)cc2)cc1. The van der Waals surface area contributed by atoms with Crippen molar-refractivity contribution in [1.29, 1.82) is 0 Å². The van der Waals surface area contributed by atoms with Crippen LogP contribution < -0.4 is 23.7 Å². The van der Waals surface area contributed by atoms with Gasteiger partial charge in [0.05, 0.1) is 32.0 Å². The fourth-order valence-electron chi connectivity index (χ4n) is 3.45. The molecule has 190 valence electrons. The first-order valence-electron chi connectivity index (χ1n) is 12.0. The number of hydrogen-bond donors (Lipinski definition) is 0. The number of hydrogen-bond acceptors (Lipinski definition) is 7. The van der Waals surface area contributed by atoms with Crippen LogP contribution in [0.3, 0.4) is 0 Å². The van der Waals surface area contributed by atoms with Crippen molar-refractivity contribution >= 4 is 11.9 Å². The van der Waals surface area contributed by atoms with Gasteiger partial charge >= 0.3 is 11.9 Å². The van der Waals surface area contributed by atoms with E-state index in [-0.39, 0.29) is 0 Å². The number of benzene rings is 3. The van der Waals surface area contributed by atoms with Crippen molar-refractivity contribution in [3.8, 4) is 28.7 Å². The summed E-state index contributed by atoms with van der Waals surface area (Å²) in [6.07, 6.45) is 5.88. The molecule has 0 amide bonds. The summed E-state index contributed by atoms with van der Waals surface area (Å²) in [5, 5.41) is 0. The van der Waals surface area contributed by atoms with Gasteiger partial charge in [-0.2, -0.15) is 0 Å². The quantitative estimate of drug-likeness (QED) is 0.153. The largest absolute Gasteiger partial charge is 0.494 e. The second kappa shape index (κ2) is 13.8. The highest BCUT2D eigenvalue weighted by molar-refractivity contribution is 5.92. The Morgan fingerprint density at radius 3 is 1.72 bits per heavy atom. The van der Waals surface area contributed by atoms with Gasteiger partial charge < -0.3 is 23.7 Å². The molecule has 0 aliphatic carbocycles. The molecule has 7 nitrogen and oxygen atoms in total. The minimum absolute atomic E-state index is 0.311. The molecule has 0 saturated carbocycles. The molecule has 0 aromatic heterocycles. The summed E-state index contributed by atoms with van der Waals surface area (Å²) in [4.78, 5) is 24.9. The van der Waals surface area contributed by atoms with Crippen LogP contribution in [0.5, 0.6) is 28.7 Å². The summed E-state index contributed by atoms with van der Waals surface area (Å²) in [5.74, 6) is 1.27. The lowest BCUT2D eigenvalue weighted by atomic mass is 10.2. The number of rotatable bonds is 13. The number of esters is 2. The standard InChI is InChI=1S/C29H32O7/c1-4-5-6-7-8-19-34-23-12-9-21(10-13-23)28(30)35-24-14-16-25(17-15-24)36-29(31)22-11-18-26(32-2)27(20-22)33-3/h9-18,20H,4-8,19H2,1-3H3. The van der Waals surface area contributed by atoms with Crippen LogP contribution in [-0.4, -0.2) is 32.8 Å². The summed E-state index contributed by atoms with van der Waals surface area (Å²) < 4.78 is 27.0. The highest BCUT2D eigenvalue weighted by Gasteiger charge is 2.14. The molecule has 0 radical (unpaired) electrons. The third kappa shape index (κ3) is 7.77. The van der Waals surface area contributed by atoms with Crippen LogP contribution >= 0.6 is 0 Å². The molecule has 0 aliphatic heterocycles. The van der Waals surface area contributed by atoms with Gasteiger partial charge in [0, 0.05) is 0 Å². The van der Waals surface area contributed by atoms with Crippen LogP contribution in [0.2, 0.25) is 0 Å². The van der Waals surface area contributed by atoms with Crippen molar-refractivity contribution in [1.82, 2.24) is 0 Å². The number of carbonyl (C=O) groups is 2. The fourth-order valence-corrected chi connectivity index (χ4v) is 3.45. The van der Waals surface area contributed by atoms with E-state index >= 15 is 0 Å². The molecule has 0 fully saturated rings. The molecule has 7 heteroatoms. The Morgan fingerprint density at radius 2 is 1.14 bits per heavy atom. The van der Waals surface area contributed by atoms with E-state index < -0.39 is 11.9 Å². The molecule has 0 bridgehead atoms. The molecule has 0 heterocycles. The van der Waals surface area contributed by atoms with Crippen molar-refractivity contribution in [2.75, 3.05) is 20.8 Å². The third-order valence-electron chi connectivity index (χ3n) is 5.47. The van der Waals surface area contributed by atoms with E-state index in [0.717, 1.165) is 18.6 Å². The molecule has 36 heavy (non-hydrogen) atoms. The van der Waals surface area contributed by atoms with Gasteiger partial charge in [0.15, 0.2) is 11.5 Å². The van der Waals surface area contributed by atoms with Gasteiger partial charge in [0.2, 0.25) is 0 Å². The maximum atomic E-state index is 12.5. The van der Waals surface area contributed by atoms with Gasteiger partial charge in [0.1, 0.15) is 17.2 Å². The molecule has 3 aromatic rings. The molecule has 0 spiro atoms. The highest BCUT2D eigenvalue weighted by atomic mass is 16.5. The lowest BCUT2D eigenvalue weighted by Gasteiger charge is -2.10. The Balaban J connectivity index is 1.50. The van der Waals surface area contributed by atoms with Crippen molar-refractivity contribution in [2.24, 2.45) is 0 Å². The Labute approximate surface area is 211 Å². The molecular formula is C29H32O7. The summed E-state index contributed by atoms with van der Waals surface area (Å²) in [6, 6.07) is 17.9. The smallest absolute Gasteiger partial charge is 0.343 e. The van der Waals surface area contributed by atoms with E-state index in [1.807, 2.05) is 0 Å². The molecule has 0 N–H and O–H groups in total. The minimum Gasteiger partial charge on any atom is -0.494 e. The normalized spacial score (nSPS) is 10.4. The Hall–Kier alpha value is -4.00. The first-order valence-corrected chi connectivity index (χ1v) is 12.0. The second-order valence-corrected chi connectivity index (χ2v) is 8.11. The zero-order valence-corrected chi connectivity index (χ0v) is 21.0. The summed E-state index contributed by atoms with van der Waals surface area (Å²) in [7, 11) is 3.01. The van der Waals surface area contributed by atoms with E-state index in [4.69, 9.17) is 23.7 Å². The Bertz CT molecular complexity index is 1120. The Morgan fingerprint density at radius 1 is 0.611 bits per heavy atom. The molecule has 3 rings (SSSR count). The van der Waals surface area contributed by atoms with Crippen LogP contribution in [0.1, 0.15) is 59.7 Å². The molecule has 3 aromatic carbocycles. The number of unbranched alkanes of at least 4 members (excludes halogenated alkanes) is 4. The van der Waals surface area contributed by atoms with Crippen molar-refractivity contribution in [2.45, 2.75) is 39.0 Å². The summed E-state index contributed by atoms with van der Waals surface area (Å²) >= 11 is 0. The van der Waals surface area contributed by atoms with Crippen LogP contribution in [0.4, 0.5) is 0 Å². The van der Waals surface area contributed by atoms with Gasteiger partial charge in [0.25, 0.3) is 0 Å².